The van der Waals surface area contributed by atoms with Gasteiger partial charge in [0.25, 0.3) is 11.5 Å². The standard InChI is InChI=1S/C13H12N4O2S2/c1-2-11-15-8(7-21-11)6-14-12(19)9-5-10(18)16-13-17(9)3-4-20-13/h3-5,7H,2,6H2,1H3,(H,14,19). The van der Waals surface area contributed by atoms with Gasteiger partial charge in [-0.1, -0.05) is 6.92 Å². The number of nitrogens with one attached hydrogen (secondary N) is 1. The fraction of sp³-hybridized carbons (Fsp3) is 0.231. The Balaban J connectivity index is 1.80. The maximum atomic E-state index is 12.2. The quantitative estimate of drug-likeness (QED) is 0.794. The van der Waals surface area contributed by atoms with Crippen molar-refractivity contribution >= 4 is 33.5 Å². The topological polar surface area (TPSA) is 76.4 Å². The van der Waals surface area contributed by atoms with Crippen LogP contribution in [0.15, 0.2) is 27.8 Å². The summed E-state index contributed by atoms with van der Waals surface area (Å²) in [5.74, 6) is -0.311. The van der Waals surface area contributed by atoms with E-state index in [2.05, 4.69) is 15.3 Å². The number of nitrogens with zero attached hydrogens (tertiary/aromatic N) is 3. The first-order chi connectivity index (χ1) is 10.2. The summed E-state index contributed by atoms with van der Waals surface area (Å²) in [7, 11) is 0. The van der Waals surface area contributed by atoms with Crippen molar-refractivity contribution in [2.24, 2.45) is 0 Å². The largest absolute Gasteiger partial charge is 0.345 e. The van der Waals surface area contributed by atoms with Gasteiger partial charge in [-0.15, -0.1) is 22.7 Å². The van der Waals surface area contributed by atoms with Gasteiger partial charge in [-0.3, -0.25) is 14.0 Å². The Morgan fingerprint density at radius 2 is 2.24 bits per heavy atom. The summed E-state index contributed by atoms with van der Waals surface area (Å²) < 4.78 is 1.61. The third kappa shape index (κ3) is 2.86. The van der Waals surface area contributed by atoms with Gasteiger partial charge in [0, 0.05) is 23.0 Å². The van der Waals surface area contributed by atoms with Gasteiger partial charge in [-0.25, -0.2) is 4.98 Å². The van der Waals surface area contributed by atoms with E-state index in [0.717, 1.165) is 17.1 Å². The monoisotopic (exact) mass is 320 g/mol. The molecule has 0 aliphatic rings. The highest BCUT2D eigenvalue weighted by atomic mass is 32.1. The average Bonchev–Trinajstić information content (AvgIpc) is 3.12. The minimum Gasteiger partial charge on any atom is -0.345 e. The zero-order valence-corrected chi connectivity index (χ0v) is 12.8. The van der Waals surface area contributed by atoms with Crippen LogP contribution in [0.4, 0.5) is 0 Å². The van der Waals surface area contributed by atoms with Crippen LogP contribution < -0.4 is 10.9 Å². The molecule has 21 heavy (non-hydrogen) atoms. The molecule has 6 nitrogen and oxygen atoms in total. The molecule has 0 spiro atoms. The number of amides is 1. The molecule has 0 aromatic carbocycles. The van der Waals surface area contributed by atoms with Crippen molar-refractivity contribution in [1.29, 1.82) is 0 Å². The first kappa shape index (κ1) is 13.9. The number of carbonyl (C=O) groups excluding carboxylic acids is 1. The highest BCUT2D eigenvalue weighted by Gasteiger charge is 2.12. The van der Waals surface area contributed by atoms with Gasteiger partial charge in [0.05, 0.1) is 17.2 Å². The van der Waals surface area contributed by atoms with E-state index < -0.39 is 5.56 Å². The summed E-state index contributed by atoms with van der Waals surface area (Å²) in [6.07, 6.45) is 2.60. The van der Waals surface area contributed by atoms with Gasteiger partial charge < -0.3 is 5.32 Å². The van der Waals surface area contributed by atoms with Gasteiger partial charge in [-0.05, 0) is 6.42 Å². The van der Waals surface area contributed by atoms with Crippen molar-refractivity contribution in [2.45, 2.75) is 19.9 Å². The summed E-state index contributed by atoms with van der Waals surface area (Å²) in [5, 5.41) is 7.54. The molecule has 1 N–H and O–H groups in total. The van der Waals surface area contributed by atoms with E-state index in [-0.39, 0.29) is 11.6 Å². The third-order valence-electron chi connectivity index (χ3n) is 2.88. The molecule has 0 saturated carbocycles. The van der Waals surface area contributed by atoms with E-state index >= 15 is 0 Å². The molecule has 3 rings (SSSR count). The molecular formula is C13H12N4O2S2. The Kier molecular flexibility index (Phi) is 3.80. The maximum absolute atomic E-state index is 12.2. The van der Waals surface area contributed by atoms with Crippen molar-refractivity contribution in [3.8, 4) is 0 Å². The Labute approximate surface area is 128 Å². The van der Waals surface area contributed by atoms with Crippen molar-refractivity contribution in [3.63, 3.8) is 0 Å². The molecule has 108 valence electrons. The summed E-state index contributed by atoms with van der Waals surface area (Å²) >= 11 is 2.89. The predicted octanol–water partition coefficient (Wildman–Crippen LogP) is 1.70. The zero-order valence-electron chi connectivity index (χ0n) is 11.2. The number of rotatable bonds is 4. The second-order valence-corrected chi connectivity index (χ2v) is 6.12. The zero-order chi connectivity index (χ0) is 14.8. The van der Waals surface area contributed by atoms with Crippen molar-refractivity contribution in [1.82, 2.24) is 19.7 Å². The van der Waals surface area contributed by atoms with Gasteiger partial charge in [0.1, 0.15) is 5.69 Å². The normalized spacial score (nSPS) is 10.9. The minimum atomic E-state index is -0.412. The summed E-state index contributed by atoms with van der Waals surface area (Å²) in [6.45, 7) is 2.38. The van der Waals surface area contributed by atoms with Crippen LogP contribution in [0.25, 0.3) is 4.96 Å². The lowest BCUT2D eigenvalue weighted by atomic mass is 10.3. The van der Waals surface area contributed by atoms with Gasteiger partial charge in [-0.2, -0.15) is 4.98 Å². The van der Waals surface area contributed by atoms with Crippen LogP contribution in [0.1, 0.15) is 28.1 Å². The Morgan fingerprint density at radius 1 is 1.38 bits per heavy atom. The van der Waals surface area contributed by atoms with Gasteiger partial charge >= 0.3 is 0 Å². The number of thiazole rings is 2. The van der Waals surface area contributed by atoms with Crippen LogP contribution in [0.2, 0.25) is 0 Å². The fourth-order valence-electron chi connectivity index (χ4n) is 1.88. The minimum absolute atomic E-state index is 0.289. The lowest BCUT2D eigenvalue weighted by Crippen LogP contribution is -2.27. The van der Waals surface area contributed by atoms with Gasteiger partial charge in [0.15, 0.2) is 4.96 Å². The summed E-state index contributed by atoms with van der Waals surface area (Å²) in [5.41, 5.74) is 0.704. The molecule has 0 unspecified atom stereocenters. The lowest BCUT2D eigenvalue weighted by Gasteiger charge is -2.05. The number of carbonyl (C=O) groups is 1. The second kappa shape index (κ2) is 5.74. The molecule has 0 aliphatic carbocycles. The van der Waals surface area contributed by atoms with Crippen LogP contribution in [0.5, 0.6) is 0 Å². The SMILES string of the molecule is CCc1nc(CNC(=O)c2cc(=O)nc3sccn23)cs1. The van der Waals surface area contributed by atoms with Crippen LogP contribution in [0.3, 0.4) is 0 Å². The van der Waals surface area contributed by atoms with Crippen LogP contribution in [0, 0.1) is 0 Å². The number of fused-ring (bicyclic) bond motifs is 1. The maximum Gasteiger partial charge on any atom is 0.274 e. The first-order valence-electron chi connectivity index (χ1n) is 6.35. The van der Waals surface area contributed by atoms with Crippen LogP contribution in [-0.4, -0.2) is 20.3 Å². The molecule has 3 heterocycles. The molecule has 3 aromatic rings. The Hall–Kier alpha value is -2.06. The molecule has 0 fully saturated rings. The molecule has 8 heteroatoms. The summed E-state index contributed by atoms with van der Waals surface area (Å²) in [6, 6.07) is 1.24. The molecule has 0 saturated heterocycles. The molecular weight excluding hydrogens is 308 g/mol. The van der Waals surface area contributed by atoms with Crippen LogP contribution in [-0.2, 0) is 13.0 Å². The highest BCUT2D eigenvalue weighted by Crippen LogP contribution is 2.11. The first-order valence-corrected chi connectivity index (χ1v) is 8.11. The molecule has 0 bridgehead atoms. The summed E-state index contributed by atoms with van der Waals surface area (Å²) in [4.78, 5) is 32.5. The highest BCUT2D eigenvalue weighted by molar-refractivity contribution is 7.15. The molecule has 3 aromatic heterocycles. The van der Waals surface area contributed by atoms with Crippen molar-refractivity contribution in [2.75, 3.05) is 0 Å². The average molecular weight is 320 g/mol. The molecule has 0 radical (unpaired) electrons. The third-order valence-corrected chi connectivity index (χ3v) is 4.68. The second-order valence-electron chi connectivity index (χ2n) is 4.30. The smallest absolute Gasteiger partial charge is 0.274 e. The van der Waals surface area contributed by atoms with E-state index in [4.69, 9.17) is 0 Å². The van der Waals surface area contributed by atoms with Gasteiger partial charge in [0.2, 0.25) is 0 Å². The van der Waals surface area contributed by atoms with E-state index in [0.29, 0.717) is 11.5 Å². The molecule has 0 atom stereocenters. The Bertz CT molecular complexity index is 849. The number of aryl methyl sites for hydroxylation is 1. The van der Waals surface area contributed by atoms with Crippen molar-refractivity contribution < 1.29 is 4.79 Å². The molecule has 1 amide bonds. The fourth-order valence-corrected chi connectivity index (χ4v) is 3.34. The molecule has 0 aliphatic heterocycles. The van der Waals surface area contributed by atoms with E-state index in [1.165, 1.54) is 17.4 Å². The number of hydrogen-bond donors (Lipinski definition) is 1. The van der Waals surface area contributed by atoms with E-state index in [1.54, 1.807) is 27.3 Å². The van der Waals surface area contributed by atoms with E-state index in [1.807, 2.05) is 12.3 Å². The predicted molar refractivity (Wildman–Crippen MR) is 82.0 cm³/mol. The van der Waals surface area contributed by atoms with Crippen molar-refractivity contribution in [3.05, 3.63) is 49.8 Å². The Morgan fingerprint density at radius 3 is 3.00 bits per heavy atom. The number of aromatic nitrogens is 3. The lowest BCUT2D eigenvalue weighted by molar-refractivity contribution is 0.0944. The van der Waals surface area contributed by atoms with Crippen LogP contribution >= 0.6 is 22.7 Å². The number of hydrogen-bond acceptors (Lipinski definition) is 6. The van der Waals surface area contributed by atoms with E-state index in [9.17, 15) is 9.59 Å².